The molecule has 0 heterocycles. The minimum atomic E-state index is 0.858. The lowest BCUT2D eigenvalue weighted by Gasteiger charge is -2.09. The third kappa shape index (κ3) is 3.43. The van der Waals surface area contributed by atoms with Gasteiger partial charge < -0.3 is 5.73 Å². The number of hydrogen-bond acceptors (Lipinski definition) is 1. The summed E-state index contributed by atoms with van der Waals surface area (Å²) in [5, 5.41) is 0. The van der Waals surface area contributed by atoms with Crippen molar-refractivity contribution in [2.75, 3.05) is 5.73 Å². The van der Waals surface area contributed by atoms with E-state index in [1.807, 2.05) is 6.07 Å². The van der Waals surface area contributed by atoms with Crippen LogP contribution < -0.4 is 5.73 Å². The summed E-state index contributed by atoms with van der Waals surface area (Å²) in [6.45, 7) is 8.37. The van der Waals surface area contributed by atoms with Gasteiger partial charge in [0.15, 0.2) is 0 Å². The molecule has 0 fully saturated rings. The number of unbranched alkanes of at least 4 members (excludes halogenated alkanes) is 2. The summed E-state index contributed by atoms with van der Waals surface area (Å²) in [4.78, 5) is 0. The first-order valence-electron chi connectivity index (χ1n) is 5.69. The fourth-order valence-corrected chi connectivity index (χ4v) is 1.73. The fourth-order valence-electron chi connectivity index (χ4n) is 1.73. The van der Waals surface area contributed by atoms with Crippen LogP contribution in [0.1, 0.15) is 43.7 Å². The molecule has 0 aliphatic heterocycles. The van der Waals surface area contributed by atoms with Crippen molar-refractivity contribution in [2.45, 2.75) is 39.5 Å². The zero-order chi connectivity index (χ0) is 11.3. The molecule has 0 aromatic heterocycles. The van der Waals surface area contributed by atoms with Gasteiger partial charge in [0.25, 0.3) is 0 Å². The Labute approximate surface area is 93.0 Å². The zero-order valence-corrected chi connectivity index (χ0v) is 9.84. The Balaban J connectivity index is 2.65. The number of anilines is 1. The van der Waals surface area contributed by atoms with Crippen LogP contribution >= 0.6 is 0 Å². The monoisotopic (exact) mass is 203 g/mol. The Hall–Kier alpha value is -1.24. The molecule has 0 saturated heterocycles. The molecule has 82 valence electrons. The summed E-state index contributed by atoms with van der Waals surface area (Å²) < 4.78 is 0. The summed E-state index contributed by atoms with van der Waals surface area (Å²) in [7, 11) is 0. The number of hydrogen-bond donors (Lipinski definition) is 1. The minimum Gasteiger partial charge on any atom is -0.398 e. The lowest BCUT2D eigenvalue weighted by atomic mass is 9.99. The number of benzene rings is 1. The number of nitrogen functional groups attached to an aromatic ring is 1. The molecule has 0 saturated carbocycles. The van der Waals surface area contributed by atoms with E-state index in [1.54, 1.807) is 0 Å². The highest BCUT2D eigenvalue weighted by Crippen LogP contribution is 2.25. The number of rotatable bonds is 5. The molecule has 0 spiro atoms. The lowest BCUT2D eigenvalue weighted by Crippen LogP contribution is -1.94. The molecule has 15 heavy (non-hydrogen) atoms. The molecule has 1 nitrogen and oxygen atoms in total. The molecule has 0 aliphatic carbocycles. The van der Waals surface area contributed by atoms with Gasteiger partial charge in [-0.25, -0.2) is 0 Å². The molecular formula is C14H21N. The predicted octanol–water partition coefficient (Wildman–Crippen LogP) is 4.17. The van der Waals surface area contributed by atoms with E-state index in [9.17, 15) is 0 Å². The molecule has 1 heteroatoms. The van der Waals surface area contributed by atoms with Crippen LogP contribution in [0.25, 0.3) is 5.57 Å². The number of nitrogens with two attached hydrogens (primary N) is 1. The van der Waals surface area contributed by atoms with Crippen molar-refractivity contribution in [3.05, 3.63) is 35.9 Å². The van der Waals surface area contributed by atoms with Crippen LogP contribution in [-0.4, -0.2) is 0 Å². The zero-order valence-electron chi connectivity index (χ0n) is 9.84. The van der Waals surface area contributed by atoms with Crippen molar-refractivity contribution in [3.8, 4) is 0 Å². The summed E-state index contributed by atoms with van der Waals surface area (Å²) in [6.07, 6.45) is 4.78. The van der Waals surface area contributed by atoms with Gasteiger partial charge >= 0.3 is 0 Å². The van der Waals surface area contributed by atoms with Gasteiger partial charge in [-0.15, -0.1) is 0 Å². The van der Waals surface area contributed by atoms with Crippen molar-refractivity contribution < 1.29 is 0 Å². The summed E-state index contributed by atoms with van der Waals surface area (Å²) >= 11 is 0. The second-order valence-electron chi connectivity index (χ2n) is 4.15. The number of allylic oxidation sites excluding steroid dienone is 1. The normalized spacial score (nSPS) is 10.3. The van der Waals surface area contributed by atoms with E-state index in [4.69, 9.17) is 5.73 Å². The second-order valence-corrected chi connectivity index (χ2v) is 4.15. The van der Waals surface area contributed by atoms with E-state index in [0.29, 0.717) is 0 Å². The van der Waals surface area contributed by atoms with Gasteiger partial charge in [0, 0.05) is 5.69 Å². The van der Waals surface area contributed by atoms with Crippen LogP contribution in [0.4, 0.5) is 5.69 Å². The highest BCUT2D eigenvalue weighted by molar-refractivity contribution is 5.73. The average Bonchev–Trinajstić information content (AvgIpc) is 2.17. The van der Waals surface area contributed by atoms with Crippen molar-refractivity contribution >= 4 is 11.3 Å². The van der Waals surface area contributed by atoms with Crippen LogP contribution in [-0.2, 0) is 0 Å². The van der Waals surface area contributed by atoms with Crippen molar-refractivity contribution in [1.82, 2.24) is 0 Å². The lowest BCUT2D eigenvalue weighted by molar-refractivity contribution is 0.736. The summed E-state index contributed by atoms with van der Waals surface area (Å²) in [5.74, 6) is 0. The molecule has 0 aliphatic rings. The Morgan fingerprint density at radius 1 is 1.33 bits per heavy atom. The first-order valence-corrected chi connectivity index (χ1v) is 5.69. The van der Waals surface area contributed by atoms with Crippen molar-refractivity contribution in [1.29, 1.82) is 0 Å². The minimum absolute atomic E-state index is 0.858. The van der Waals surface area contributed by atoms with Gasteiger partial charge in [0.05, 0.1) is 0 Å². The summed E-state index contributed by atoms with van der Waals surface area (Å²) in [6, 6.07) is 6.19. The molecule has 1 aromatic carbocycles. The third-order valence-electron chi connectivity index (χ3n) is 2.67. The maximum absolute atomic E-state index is 5.97. The molecule has 1 aromatic rings. The number of aryl methyl sites for hydroxylation is 1. The van der Waals surface area contributed by atoms with E-state index >= 15 is 0 Å². The highest BCUT2D eigenvalue weighted by Gasteiger charge is 2.03. The van der Waals surface area contributed by atoms with Gasteiger partial charge in [0.1, 0.15) is 0 Å². The van der Waals surface area contributed by atoms with Crippen molar-refractivity contribution in [3.63, 3.8) is 0 Å². The van der Waals surface area contributed by atoms with E-state index in [1.165, 1.54) is 30.4 Å². The maximum atomic E-state index is 5.97. The van der Waals surface area contributed by atoms with Crippen molar-refractivity contribution in [2.24, 2.45) is 0 Å². The molecule has 0 atom stereocenters. The Bertz CT molecular complexity index is 339. The van der Waals surface area contributed by atoms with Gasteiger partial charge in [-0.1, -0.05) is 38.5 Å². The van der Waals surface area contributed by atoms with Gasteiger partial charge in [-0.05, 0) is 42.5 Å². The standard InChI is InChI=1S/C14H21N/c1-4-5-6-7-12(3)13-9-8-11(2)10-14(13)15/h8-10H,3-7,15H2,1-2H3. The van der Waals surface area contributed by atoms with Gasteiger partial charge in [-0.3, -0.25) is 0 Å². The van der Waals surface area contributed by atoms with Crippen LogP contribution in [0.15, 0.2) is 24.8 Å². The Morgan fingerprint density at radius 2 is 2.07 bits per heavy atom. The highest BCUT2D eigenvalue weighted by atomic mass is 14.6. The van der Waals surface area contributed by atoms with Crippen LogP contribution in [0.3, 0.4) is 0 Å². The van der Waals surface area contributed by atoms with E-state index in [2.05, 4.69) is 32.6 Å². The maximum Gasteiger partial charge on any atom is 0.0392 e. The molecule has 2 N–H and O–H groups in total. The molecule has 0 bridgehead atoms. The average molecular weight is 203 g/mol. The van der Waals surface area contributed by atoms with Crippen LogP contribution in [0.5, 0.6) is 0 Å². The fraction of sp³-hybridized carbons (Fsp3) is 0.429. The molecule has 0 radical (unpaired) electrons. The Morgan fingerprint density at radius 3 is 2.67 bits per heavy atom. The van der Waals surface area contributed by atoms with Crippen LogP contribution in [0, 0.1) is 6.92 Å². The molecule has 0 unspecified atom stereocenters. The van der Waals surface area contributed by atoms with Gasteiger partial charge in [-0.2, -0.15) is 0 Å². The van der Waals surface area contributed by atoms with E-state index in [0.717, 1.165) is 17.7 Å². The molecule has 1 rings (SSSR count). The van der Waals surface area contributed by atoms with Crippen LogP contribution in [0.2, 0.25) is 0 Å². The first-order chi connectivity index (χ1) is 7.15. The SMILES string of the molecule is C=C(CCCCC)c1ccc(C)cc1N. The molecular weight excluding hydrogens is 182 g/mol. The quantitative estimate of drug-likeness (QED) is 0.564. The topological polar surface area (TPSA) is 26.0 Å². The smallest absolute Gasteiger partial charge is 0.0392 e. The largest absolute Gasteiger partial charge is 0.398 e. The predicted molar refractivity (Wildman–Crippen MR) is 68.8 cm³/mol. The third-order valence-corrected chi connectivity index (χ3v) is 2.67. The van der Waals surface area contributed by atoms with E-state index < -0.39 is 0 Å². The van der Waals surface area contributed by atoms with E-state index in [-0.39, 0.29) is 0 Å². The summed E-state index contributed by atoms with van der Waals surface area (Å²) in [5.41, 5.74) is 10.3. The second kappa shape index (κ2) is 5.59. The Kier molecular flexibility index (Phi) is 4.41. The molecule has 0 amide bonds. The first kappa shape index (κ1) is 11.8. The van der Waals surface area contributed by atoms with Gasteiger partial charge in [0.2, 0.25) is 0 Å².